The normalized spacial score (nSPS) is 17.3. The maximum Gasteiger partial charge on any atom is 0.257 e. The first-order chi connectivity index (χ1) is 11.6. The lowest BCUT2D eigenvalue weighted by Gasteiger charge is -2.19. The Morgan fingerprint density at radius 2 is 2.04 bits per heavy atom. The van der Waals surface area contributed by atoms with Crippen molar-refractivity contribution in [2.24, 2.45) is 0 Å². The second kappa shape index (κ2) is 5.92. The van der Waals surface area contributed by atoms with Crippen LogP contribution in [0, 0.1) is 13.8 Å². The molecule has 0 atom stereocenters. The maximum atomic E-state index is 12.8. The minimum Gasteiger partial charge on any atom is -0.466 e. The highest BCUT2D eigenvalue weighted by Crippen LogP contribution is 2.28. The number of carbonyl (C=O) groups is 1. The van der Waals surface area contributed by atoms with Gasteiger partial charge in [-0.15, -0.1) is 0 Å². The Morgan fingerprint density at radius 1 is 1.25 bits per heavy atom. The van der Waals surface area contributed by atoms with Crippen molar-refractivity contribution >= 4 is 11.7 Å². The summed E-state index contributed by atoms with van der Waals surface area (Å²) in [6, 6.07) is 2.39. The molecule has 2 aliphatic rings. The highest BCUT2D eigenvalue weighted by Gasteiger charge is 2.27. The fraction of sp³-hybridized carbons (Fsp3) is 0.500. The molecule has 1 saturated carbocycles. The van der Waals surface area contributed by atoms with E-state index in [2.05, 4.69) is 15.3 Å². The van der Waals surface area contributed by atoms with Gasteiger partial charge in [-0.1, -0.05) is 0 Å². The van der Waals surface area contributed by atoms with Crippen molar-refractivity contribution < 1.29 is 9.21 Å². The number of nitrogens with zero attached hydrogens (tertiary/aromatic N) is 3. The third kappa shape index (κ3) is 2.88. The Labute approximate surface area is 141 Å². The van der Waals surface area contributed by atoms with Gasteiger partial charge in [0.25, 0.3) is 5.91 Å². The van der Waals surface area contributed by atoms with Gasteiger partial charge in [0, 0.05) is 31.1 Å². The number of hydrogen-bond acceptors (Lipinski definition) is 5. The summed E-state index contributed by atoms with van der Waals surface area (Å²) in [5.41, 5.74) is 2.89. The van der Waals surface area contributed by atoms with Crippen molar-refractivity contribution in [1.82, 2.24) is 14.9 Å². The zero-order valence-electron chi connectivity index (χ0n) is 14.1. The van der Waals surface area contributed by atoms with Gasteiger partial charge in [-0.05, 0) is 39.2 Å². The third-order valence-electron chi connectivity index (χ3n) is 4.76. The van der Waals surface area contributed by atoms with Crippen molar-refractivity contribution in [3.8, 4) is 0 Å². The zero-order chi connectivity index (χ0) is 16.7. The Bertz CT molecular complexity index is 779. The minimum atomic E-state index is 0.0433. The van der Waals surface area contributed by atoms with Gasteiger partial charge in [0.1, 0.15) is 23.7 Å². The van der Waals surface area contributed by atoms with E-state index in [4.69, 9.17) is 4.42 Å². The standard InChI is InChI=1S/C18H22N4O2/c1-11-9-15(12(2)24-11)18(23)22-7-5-14-16(6-8-22)19-10-20-17(14)21-13-3-4-13/h9-10,13H,3-8H2,1-2H3,(H,19,20,21). The van der Waals surface area contributed by atoms with Gasteiger partial charge >= 0.3 is 0 Å². The van der Waals surface area contributed by atoms with Crippen molar-refractivity contribution in [2.75, 3.05) is 18.4 Å². The molecule has 4 rings (SSSR count). The molecule has 1 N–H and O–H groups in total. The van der Waals surface area contributed by atoms with Crippen LogP contribution in [-0.2, 0) is 12.8 Å². The van der Waals surface area contributed by atoms with E-state index in [0.717, 1.165) is 30.1 Å². The van der Waals surface area contributed by atoms with E-state index < -0.39 is 0 Å². The van der Waals surface area contributed by atoms with E-state index in [1.807, 2.05) is 24.8 Å². The van der Waals surface area contributed by atoms with Crippen LogP contribution >= 0.6 is 0 Å². The predicted molar refractivity (Wildman–Crippen MR) is 90.2 cm³/mol. The molecule has 0 radical (unpaired) electrons. The summed E-state index contributed by atoms with van der Waals surface area (Å²) >= 11 is 0. The van der Waals surface area contributed by atoms with Gasteiger partial charge < -0.3 is 14.6 Å². The fourth-order valence-electron chi connectivity index (χ4n) is 3.29. The summed E-state index contributed by atoms with van der Waals surface area (Å²) in [5, 5.41) is 3.49. The van der Waals surface area contributed by atoms with E-state index >= 15 is 0 Å². The first-order valence-corrected chi connectivity index (χ1v) is 8.57. The lowest BCUT2D eigenvalue weighted by atomic mass is 10.1. The van der Waals surface area contributed by atoms with E-state index in [9.17, 15) is 4.79 Å². The number of amides is 1. The van der Waals surface area contributed by atoms with Crippen molar-refractivity contribution in [1.29, 1.82) is 0 Å². The summed E-state index contributed by atoms with van der Waals surface area (Å²) in [7, 11) is 0. The van der Waals surface area contributed by atoms with Crippen LogP contribution in [0.2, 0.25) is 0 Å². The highest BCUT2D eigenvalue weighted by atomic mass is 16.3. The molecule has 24 heavy (non-hydrogen) atoms. The number of carbonyl (C=O) groups excluding carboxylic acids is 1. The van der Waals surface area contributed by atoms with Crippen LogP contribution in [0.1, 0.15) is 46.0 Å². The molecular weight excluding hydrogens is 304 g/mol. The molecule has 1 amide bonds. The summed E-state index contributed by atoms with van der Waals surface area (Å²) in [6.07, 6.45) is 5.60. The minimum absolute atomic E-state index is 0.0433. The van der Waals surface area contributed by atoms with Crippen LogP contribution in [0.25, 0.3) is 0 Å². The number of aryl methyl sites for hydroxylation is 2. The van der Waals surface area contributed by atoms with Crippen LogP contribution in [0.15, 0.2) is 16.8 Å². The summed E-state index contributed by atoms with van der Waals surface area (Å²) in [6.45, 7) is 5.07. The Kier molecular flexibility index (Phi) is 3.75. The van der Waals surface area contributed by atoms with E-state index in [1.165, 1.54) is 18.4 Å². The summed E-state index contributed by atoms with van der Waals surface area (Å²) < 4.78 is 5.51. The van der Waals surface area contributed by atoms with Gasteiger partial charge in [-0.25, -0.2) is 9.97 Å². The third-order valence-corrected chi connectivity index (χ3v) is 4.76. The van der Waals surface area contributed by atoms with Gasteiger partial charge in [0.15, 0.2) is 0 Å². The molecule has 6 heteroatoms. The number of fused-ring (bicyclic) bond motifs is 1. The highest BCUT2D eigenvalue weighted by molar-refractivity contribution is 5.95. The number of hydrogen-bond donors (Lipinski definition) is 1. The van der Waals surface area contributed by atoms with Crippen LogP contribution in [0.4, 0.5) is 5.82 Å². The van der Waals surface area contributed by atoms with Crippen LogP contribution < -0.4 is 5.32 Å². The number of nitrogens with one attached hydrogen (secondary N) is 1. The second-order valence-corrected chi connectivity index (χ2v) is 6.69. The second-order valence-electron chi connectivity index (χ2n) is 6.69. The Balaban J connectivity index is 1.54. The summed E-state index contributed by atoms with van der Waals surface area (Å²) in [5.74, 6) is 2.46. The van der Waals surface area contributed by atoms with Gasteiger partial charge in [-0.3, -0.25) is 4.79 Å². The quantitative estimate of drug-likeness (QED) is 0.938. The Hall–Kier alpha value is -2.37. The molecule has 0 bridgehead atoms. The largest absolute Gasteiger partial charge is 0.466 e. The average molecular weight is 326 g/mol. The molecule has 126 valence electrons. The molecule has 1 fully saturated rings. The average Bonchev–Trinajstić information content (AvgIpc) is 3.33. The topological polar surface area (TPSA) is 71.3 Å². The van der Waals surface area contributed by atoms with Crippen molar-refractivity contribution in [3.63, 3.8) is 0 Å². The van der Waals surface area contributed by atoms with E-state index in [-0.39, 0.29) is 5.91 Å². The molecule has 1 aliphatic heterocycles. The molecule has 0 saturated heterocycles. The number of rotatable bonds is 3. The lowest BCUT2D eigenvalue weighted by molar-refractivity contribution is 0.0761. The molecule has 0 unspecified atom stereocenters. The zero-order valence-corrected chi connectivity index (χ0v) is 14.1. The first kappa shape index (κ1) is 15.2. The maximum absolute atomic E-state index is 12.8. The van der Waals surface area contributed by atoms with Crippen molar-refractivity contribution in [3.05, 3.63) is 40.7 Å². The fourth-order valence-corrected chi connectivity index (χ4v) is 3.29. The van der Waals surface area contributed by atoms with Crippen LogP contribution in [-0.4, -0.2) is 39.9 Å². The number of anilines is 1. The van der Waals surface area contributed by atoms with Gasteiger partial charge in [0.2, 0.25) is 0 Å². The van der Waals surface area contributed by atoms with Gasteiger partial charge in [0.05, 0.1) is 11.3 Å². The smallest absolute Gasteiger partial charge is 0.257 e. The molecule has 0 aromatic carbocycles. The monoisotopic (exact) mass is 326 g/mol. The molecule has 2 aromatic heterocycles. The molecular formula is C18H22N4O2. The predicted octanol–water partition coefficient (Wildman–Crippen LogP) is 2.50. The molecule has 3 heterocycles. The molecule has 6 nitrogen and oxygen atoms in total. The first-order valence-electron chi connectivity index (χ1n) is 8.57. The van der Waals surface area contributed by atoms with E-state index in [0.29, 0.717) is 30.5 Å². The molecule has 2 aromatic rings. The summed E-state index contributed by atoms with van der Waals surface area (Å²) in [4.78, 5) is 23.6. The van der Waals surface area contributed by atoms with Crippen molar-refractivity contribution in [2.45, 2.75) is 45.6 Å². The molecule has 1 aliphatic carbocycles. The molecule has 0 spiro atoms. The van der Waals surface area contributed by atoms with Crippen LogP contribution in [0.3, 0.4) is 0 Å². The number of furan rings is 1. The Morgan fingerprint density at radius 3 is 2.75 bits per heavy atom. The van der Waals surface area contributed by atoms with E-state index in [1.54, 1.807) is 6.33 Å². The number of aromatic nitrogens is 2. The SMILES string of the molecule is Cc1cc(C(=O)N2CCc3ncnc(NC4CC4)c3CC2)c(C)o1. The van der Waals surface area contributed by atoms with Crippen LogP contribution in [0.5, 0.6) is 0 Å². The van der Waals surface area contributed by atoms with Gasteiger partial charge in [-0.2, -0.15) is 0 Å². The lowest BCUT2D eigenvalue weighted by Crippen LogP contribution is -2.33.